The van der Waals surface area contributed by atoms with Crippen molar-refractivity contribution in [2.75, 3.05) is 35.0 Å². The second-order valence-electron chi connectivity index (χ2n) is 5.13. The monoisotopic (exact) mass is 360 g/mol. The summed E-state index contributed by atoms with van der Waals surface area (Å²) in [6.07, 6.45) is 0. The van der Waals surface area contributed by atoms with Gasteiger partial charge in [-0.25, -0.2) is 4.79 Å². The zero-order valence-electron chi connectivity index (χ0n) is 15.0. The first kappa shape index (κ1) is 19.1. The smallest absolute Gasteiger partial charge is 0.342 e. The molecule has 0 unspecified atom stereocenters. The Hall–Kier alpha value is -3.22. The van der Waals surface area contributed by atoms with Crippen LogP contribution in [-0.2, 0) is 4.74 Å². The summed E-state index contributed by atoms with van der Waals surface area (Å²) >= 11 is 0. The minimum atomic E-state index is -0.676. The number of carbonyl (C=O) groups is 2. The van der Waals surface area contributed by atoms with Gasteiger partial charge in [0.25, 0.3) is 0 Å². The van der Waals surface area contributed by atoms with E-state index in [9.17, 15) is 9.59 Å². The Morgan fingerprint density at radius 3 is 1.73 bits per heavy atom. The van der Waals surface area contributed by atoms with Gasteiger partial charge >= 0.3 is 5.97 Å². The highest BCUT2D eigenvalue weighted by atomic mass is 16.5. The number of rotatable bonds is 8. The molecule has 7 nitrogen and oxygen atoms in total. The summed E-state index contributed by atoms with van der Waals surface area (Å²) in [7, 11) is 5.90. The molecule has 2 rings (SSSR count). The molecule has 0 saturated carbocycles. The molecule has 0 saturated heterocycles. The van der Waals surface area contributed by atoms with Gasteiger partial charge in [0.2, 0.25) is 5.78 Å². The lowest BCUT2D eigenvalue weighted by Crippen LogP contribution is -2.15. The second kappa shape index (κ2) is 8.75. The van der Waals surface area contributed by atoms with Crippen molar-refractivity contribution in [2.24, 2.45) is 0 Å². The van der Waals surface area contributed by atoms with Crippen LogP contribution in [0, 0.1) is 0 Å². The number of ether oxygens (including phenoxy) is 5. The molecule has 0 aliphatic rings. The Morgan fingerprint density at radius 1 is 0.731 bits per heavy atom. The molecule has 0 bridgehead atoms. The molecule has 0 radical (unpaired) electrons. The Kier molecular flexibility index (Phi) is 6.43. The van der Waals surface area contributed by atoms with Gasteiger partial charge in [-0.3, -0.25) is 4.79 Å². The number of Topliss-reactive ketones (excluding diaryl/α,β-unsaturated/α-hetero) is 1. The van der Waals surface area contributed by atoms with Gasteiger partial charge in [-0.05, 0) is 24.3 Å². The topological polar surface area (TPSA) is 80.3 Å². The summed E-state index contributed by atoms with van der Waals surface area (Å²) in [5, 5.41) is 0. The molecule has 7 heteroatoms. The lowest BCUT2D eigenvalue weighted by atomic mass is 10.1. The summed E-state index contributed by atoms with van der Waals surface area (Å²) in [6.45, 7) is -0.434. The van der Waals surface area contributed by atoms with E-state index in [0.29, 0.717) is 28.6 Å². The van der Waals surface area contributed by atoms with Crippen LogP contribution < -0.4 is 18.9 Å². The van der Waals surface area contributed by atoms with Gasteiger partial charge in [0.05, 0.1) is 34.0 Å². The number of benzene rings is 2. The van der Waals surface area contributed by atoms with Crippen LogP contribution in [0.1, 0.15) is 20.7 Å². The number of ketones is 1. The van der Waals surface area contributed by atoms with Crippen LogP contribution in [0.4, 0.5) is 0 Å². The maximum Gasteiger partial charge on any atom is 0.342 e. The standard InChI is InChI=1S/C19H20O7/c1-22-12-5-7-14(17(9-12)24-3)16(20)11-26-19(21)15-8-6-13(23-2)10-18(15)25-4/h5-10H,11H2,1-4H3. The van der Waals surface area contributed by atoms with E-state index >= 15 is 0 Å². The van der Waals surface area contributed by atoms with Crippen molar-refractivity contribution in [1.82, 2.24) is 0 Å². The first-order valence-corrected chi connectivity index (χ1v) is 7.68. The fraction of sp³-hybridized carbons (Fsp3) is 0.263. The van der Waals surface area contributed by atoms with Crippen molar-refractivity contribution in [3.63, 3.8) is 0 Å². The fourth-order valence-electron chi connectivity index (χ4n) is 2.28. The fourth-order valence-corrected chi connectivity index (χ4v) is 2.28. The summed E-state index contributed by atoms with van der Waals surface area (Å²) < 4.78 is 25.6. The zero-order chi connectivity index (χ0) is 19.1. The van der Waals surface area contributed by atoms with Gasteiger partial charge in [0.1, 0.15) is 28.6 Å². The van der Waals surface area contributed by atoms with Gasteiger partial charge in [-0.1, -0.05) is 0 Å². The summed E-state index contributed by atoms with van der Waals surface area (Å²) in [6, 6.07) is 9.45. The van der Waals surface area contributed by atoms with Gasteiger partial charge < -0.3 is 23.7 Å². The molecular formula is C19H20O7. The highest BCUT2D eigenvalue weighted by Crippen LogP contribution is 2.27. The highest BCUT2D eigenvalue weighted by molar-refractivity contribution is 6.02. The second-order valence-corrected chi connectivity index (χ2v) is 5.13. The molecule has 0 N–H and O–H groups in total. The molecule has 0 aromatic heterocycles. The highest BCUT2D eigenvalue weighted by Gasteiger charge is 2.19. The molecule has 0 fully saturated rings. The Balaban J connectivity index is 2.11. The van der Waals surface area contributed by atoms with E-state index in [0.717, 1.165) is 0 Å². The lowest BCUT2D eigenvalue weighted by Gasteiger charge is -2.11. The summed E-state index contributed by atoms with van der Waals surface area (Å²) in [5.41, 5.74) is 0.491. The van der Waals surface area contributed by atoms with Crippen LogP contribution in [0.25, 0.3) is 0 Å². The van der Waals surface area contributed by atoms with Crippen LogP contribution in [0.2, 0.25) is 0 Å². The van der Waals surface area contributed by atoms with Crippen molar-refractivity contribution in [3.05, 3.63) is 47.5 Å². The maximum absolute atomic E-state index is 12.4. The van der Waals surface area contributed by atoms with Gasteiger partial charge in [-0.2, -0.15) is 0 Å². The van der Waals surface area contributed by atoms with E-state index in [2.05, 4.69) is 0 Å². The van der Waals surface area contributed by atoms with Gasteiger partial charge in [0, 0.05) is 12.1 Å². The Bertz CT molecular complexity index is 731. The lowest BCUT2D eigenvalue weighted by molar-refractivity contribution is 0.0470. The van der Waals surface area contributed by atoms with Crippen LogP contribution in [0.15, 0.2) is 36.4 Å². The maximum atomic E-state index is 12.4. The molecule has 0 aliphatic carbocycles. The van der Waals surface area contributed by atoms with Crippen LogP contribution in [0.3, 0.4) is 0 Å². The molecule has 0 heterocycles. The summed E-state index contributed by atoms with van der Waals surface area (Å²) in [5.74, 6) is 0.655. The van der Waals surface area contributed by atoms with Crippen LogP contribution in [0.5, 0.6) is 23.0 Å². The SMILES string of the molecule is COc1ccc(C(=O)COC(=O)c2ccc(OC)cc2OC)c(OC)c1. The van der Waals surface area contributed by atoms with Crippen molar-refractivity contribution in [1.29, 1.82) is 0 Å². The Labute approximate surface area is 151 Å². The number of methoxy groups -OCH3 is 4. The molecule has 2 aromatic rings. The third-order valence-electron chi connectivity index (χ3n) is 3.67. The first-order valence-electron chi connectivity index (χ1n) is 7.68. The molecule has 138 valence electrons. The molecule has 0 atom stereocenters. The predicted octanol–water partition coefficient (Wildman–Crippen LogP) is 2.76. The average Bonchev–Trinajstić information content (AvgIpc) is 2.70. The van der Waals surface area contributed by atoms with Gasteiger partial charge in [-0.15, -0.1) is 0 Å². The van der Waals surface area contributed by atoms with Crippen molar-refractivity contribution in [2.45, 2.75) is 0 Å². The molecule has 0 aliphatic heterocycles. The molecular weight excluding hydrogens is 340 g/mol. The van der Waals surface area contributed by atoms with Gasteiger partial charge in [0.15, 0.2) is 6.61 Å². The average molecular weight is 360 g/mol. The van der Waals surface area contributed by atoms with Crippen molar-refractivity contribution in [3.8, 4) is 23.0 Å². The molecule has 0 spiro atoms. The number of esters is 1. The molecule has 2 aromatic carbocycles. The van der Waals surface area contributed by atoms with E-state index in [1.165, 1.54) is 34.5 Å². The first-order chi connectivity index (χ1) is 12.5. The molecule has 26 heavy (non-hydrogen) atoms. The largest absolute Gasteiger partial charge is 0.497 e. The van der Waals surface area contributed by atoms with Crippen molar-refractivity contribution >= 4 is 11.8 Å². The quantitative estimate of drug-likeness (QED) is 0.529. The van der Waals surface area contributed by atoms with Crippen LogP contribution in [-0.4, -0.2) is 46.8 Å². The number of carbonyl (C=O) groups excluding carboxylic acids is 2. The third kappa shape index (κ3) is 4.24. The van der Waals surface area contributed by atoms with E-state index in [-0.39, 0.29) is 5.56 Å². The summed E-state index contributed by atoms with van der Waals surface area (Å²) in [4.78, 5) is 24.6. The zero-order valence-corrected chi connectivity index (χ0v) is 15.0. The molecule has 0 amide bonds. The van der Waals surface area contributed by atoms with E-state index < -0.39 is 18.4 Å². The predicted molar refractivity (Wildman–Crippen MR) is 93.7 cm³/mol. The number of hydrogen-bond acceptors (Lipinski definition) is 7. The Morgan fingerprint density at radius 2 is 1.23 bits per heavy atom. The normalized spacial score (nSPS) is 10.0. The van der Waals surface area contributed by atoms with E-state index in [4.69, 9.17) is 23.7 Å². The minimum Gasteiger partial charge on any atom is -0.497 e. The third-order valence-corrected chi connectivity index (χ3v) is 3.67. The van der Waals surface area contributed by atoms with E-state index in [1.54, 1.807) is 30.3 Å². The van der Waals surface area contributed by atoms with E-state index in [1.807, 2.05) is 0 Å². The van der Waals surface area contributed by atoms with Crippen LogP contribution >= 0.6 is 0 Å². The van der Waals surface area contributed by atoms with Crippen molar-refractivity contribution < 1.29 is 33.3 Å². The number of hydrogen-bond donors (Lipinski definition) is 0. The minimum absolute atomic E-state index is 0.197.